The lowest BCUT2D eigenvalue weighted by Crippen LogP contribution is -2.43. The van der Waals surface area contributed by atoms with E-state index >= 15 is 0 Å². The average molecular weight is 421 g/mol. The highest BCUT2D eigenvalue weighted by Gasteiger charge is 2.41. The number of fused-ring (bicyclic) bond motifs is 3. The molecule has 2 amide bonds. The van der Waals surface area contributed by atoms with Gasteiger partial charge in [0.15, 0.2) is 5.17 Å². The summed E-state index contributed by atoms with van der Waals surface area (Å²) in [7, 11) is 0. The van der Waals surface area contributed by atoms with Crippen LogP contribution in [0.3, 0.4) is 0 Å². The van der Waals surface area contributed by atoms with Gasteiger partial charge in [-0.3, -0.25) is 14.5 Å². The van der Waals surface area contributed by atoms with Crippen molar-refractivity contribution in [3.63, 3.8) is 0 Å². The zero-order valence-electron chi connectivity index (χ0n) is 17.3. The Morgan fingerprint density at radius 1 is 1.13 bits per heavy atom. The molecule has 2 aliphatic heterocycles. The average Bonchev–Trinajstić information content (AvgIpc) is 3.02. The van der Waals surface area contributed by atoms with Crippen LogP contribution in [-0.4, -0.2) is 39.5 Å². The number of nitrogens with one attached hydrogen (secondary N) is 1. The molecule has 1 unspecified atom stereocenters. The van der Waals surface area contributed by atoms with Crippen molar-refractivity contribution in [3.8, 4) is 0 Å². The van der Waals surface area contributed by atoms with Crippen LogP contribution in [0.5, 0.6) is 0 Å². The molecule has 2 aromatic carbocycles. The van der Waals surface area contributed by atoms with Gasteiger partial charge in [0.05, 0.1) is 11.4 Å². The molecule has 2 heterocycles. The van der Waals surface area contributed by atoms with Crippen LogP contribution in [0, 0.1) is 13.8 Å². The minimum Gasteiger partial charge on any atom is -0.325 e. The molecule has 2 aromatic rings. The number of carbonyl (C=O) groups is 2. The smallest absolute Gasteiger partial charge is 0.270 e. The first-order chi connectivity index (χ1) is 14.5. The van der Waals surface area contributed by atoms with Crippen LogP contribution in [-0.2, 0) is 9.59 Å². The molecule has 0 radical (unpaired) electrons. The van der Waals surface area contributed by atoms with Gasteiger partial charge in [0.2, 0.25) is 5.91 Å². The number of para-hydroxylation sites is 1. The van der Waals surface area contributed by atoms with Gasteiger partial charge in [0, 0.05) is 11.3 Å². The third kappa shape index (κ3) is 4.03. The quantitative estimate of drug-likeness (QED) is 0.776. The molecule has 0 spiro atoms. The van der Waals surface area contributed by atoms with Crippen molar-refractivity contribution >= 4 is 46.0 Å². The Kier molecular flexibility index (Phi) is 5.72. The summed E-state index contributed by atoms with van der Waals surface area (Å²) < 4.78 is 0. The number of hydrogen-bond donors (Lipinski definition) is 1. The third-order valence-electron chi connectivity index (χ3n) is 5.01. The van der Waals surface area contributed by atoms with Crippen LogP contribution in [0.15, 0.2) is 52.4 Å². The SMILES string of the molecule is CCCC1C(=O)N=C2c3ccccc3N=C(SCC(=O)Nc3cc(C)cc(C)c3)N21. The molecule has 7 heteroatoms. The molecule has 0 fully saturated rings. The van der Waals surface area contributed by atoms with Gasteiger partial charge in [0.25, 0.3) is 5.91 Å². The zero-order chi connectivity index (χ0) is 21.3. The zero-order valence-corrected chi connectivity index (χ0v) is 18.1. The molecular formula is C23H24N4O2S. The largest absolute Gasteiger partial charge is 0.325 e. The topological polar surface area (TPSA) is 74.1 Å². The number of aryl methyl sites for hydroxylation is 2. The number of benzene rings is 2. The maximum Gasteiger partial charge on any atom is 0.270 e. The second kappa shape index (κ2) is 8.44. The molecule has 0 aromatic heterocycles. The minimum absolute atomic E-state index is 0.109. The summed E-state index contributed by atoms with van der Waals surface area (Å²) >= 11 is 1.34. The standard InChI is InChI=1S/C23H24N4O2S/c1-4-7-19-22(29)26-21-17-8-5-6-9-18(17)25-23(27(19)21)30-13-20(28)24-16-11-14(2)10-15(3)12-16/h5-6,8-12,19H,4,7,13H2,1-3H3,(H,24,28). The Bertz CT molecular complexity index is 1060. The van der Waals surface area contributed by atoms with Gasteiger partial charge < -0.3 is 5.32 Å². The van der Waals surface area contributed by atoms with Crippen molar-refractivity contribution in [2.24, 2.45) is 9.98 Å². The van der Waals surface area contributed by atoms with Crippen molar-refractivity contribution in [2.45, 2.75) is 39.7 Å². The highest BCUT2D eigenvalue weighted by Crippen LogP contribution is 2.35. The highest BCUT2D eigenvalue weighted by molar-refractivity contribution is 8.14. The number of amides is 2. The Hall–Kier alpha value is -2.93. The van der Waals surface area contributed by atoms with Crippen molar-refractivity contribution in [3.05, 3.63) is 59.2 Å². The van der Waals surface area contributed by atoms with E-state index in [0.717, 1.165) is 34.5 Å². The van der Waals surface area contributed by atoms with Gasteiger partial charge in [-0.25, -0.2) is 4.99 Å². The molecular weight excluding hydrogens is 396 g/mol. The molecule has 30 heavy (non-hydrogen) atoms. The molecule has 0 aliphatic carbocycles. The monoisotopic (exact) mass is 420 g/mol. The normalized spacial score (nSPS) is 17.2. The highest BCUT2D eigenvalue weighted by atomic mass is 32.2. The predicted octanol–water partition coefficient (Wildman–Crippen LogP) is 4.43. The summed E-state index contributed by atoms with van der Waals surface area (Å²) in [5.74, 6) is 0.588. The number of nitrogens with zero attached hydrogens (tertiary/aromatic N) is 3. The fourth-order valence-electron chi connectivity index (χ4n) is 3.82. The van der Waals surface area contributed by atoms with Crippen LogP contribution in [0.25, 0.3) is 0 Å². The molecule has 6 nitrogen and oxygen atoms in total. The van der Waals surface area contributed by atoms with Crippen molar-refractivity contribution < 1.29 is 9.59 Å². The van der Waals surface area contributed by atoms with E-state index in [4.69, 9.17) is 4.99 Å². The Balaban J connectivity index is 1.55. The van der Waals surface area contributed by atoms with Crippen molar-refractivity contribution in [2.75, 3.05) is 11.1 Å². The first-order valence-electron chi connectivity index (χ1n) is 10.1. The maximum atomic E-state index is 12.6. The predicted molar refractivity (Wildman–Crippen MR) is 123 cm³/mol. The number of hydrogen-bond acceptors (Lipinski definition) is 5. The first-order valence-corrected chi connectivity index (χ1v) is 11.1. The number of carbonyl (C=O) groups excluding carboxylic acids is 2. The molecule has 0 saturated carbocycles. The van der Waals surface area contributed by atoms with Crippen LogP contribution in [0.2, 0.25) is 0 Å². The maximum absolute atomic E-state index is 12.6. The van der Waals surface area contributed by atoms with Crippen molar-refractivity contribution in [1.82, 2.24) is 4.90 Å². The molecule has 1 atom stereocenters. The van der Waals surface area contributed by atoms with Crippen LogP contribution < -0.4 is 5.32 Å². The molecule has 1 N–H and O–H groups in total. The number of amidine groups is 2. The van der Waals surface area contributed by atoms with Gasteiger partial charge in [-0.1, -0.05) is 43.3 Å². The lowest BCUT2D eigenvalue weighted by atomic mass is 10.1. The number of aliphatic imine (C=N–C) groups is 2. The van der Waals surface area contributed by atoms with E-state index in [-0.39, 0.29) is 23.6 Å². The van der Waals surface area contributed by atoms with Gasteiger partial charge >= 0.3 is 0 Å². The minimum atomic E-state index is -0.355. The Morgan fingerprint density at radius 2 is 1.87 bits per heavy atom. The van der Waals surface area contributed by atoms with Gasteiger partial charge in [-0.2, -0.15) is 4.99 Å². The van der Waals surface area contributed by atoms with E-state index in [1.54, 1.807) is 0 Å². The summed E-state index contributed by atoms with van der Waals surface area (Å²) in [6.07, 6.45) is 1.56. The molecule has 0 saturated heterocycles. The lowest BCUT2D eigenvalue weighted by Gasteiger charge is -2.30. The number of thioether (sulfide) groups is 1. The van der Waals surface area contributed by atoms with Gasteiger partial charge in [-0.05, 0) is 55.7 Å². The van der Waals surface area contributed by atoms with E-state index < -0.39 is 0 Å². The second-order valence-electron chi connectivity index (χ2n) is 7.57. The Morgan fingerprint density at radius 3 is 2.60 bits per heavy atom. The second-order valence-corrected chi connectivity index (χ2v) is 8.52. The van der Waals surface area contributed by atoms with Gasteiger partial charge in [-0.15, -0.1) is 0 Å². The summed E-state index contributed by atoms with van der Waals surface area (Å²) in [5.41, 5.74) is 4.62. The van der Waals surface area contributed by atoms with Crippen LogP contribution in [0.4, 0.5) is 11.4 Å². The van der Waals surface area contributed by atoms with Crippen LogP contribution >= 0.6 is 11.8 Å². The number of rotatable bonds is 5. The fraction of sp³-hybridized carbons (Fsp3) is 0.304. The molecule has 0 bridgehead atoms. The third-order valence-corrected chi connectivity index (χ3v) is 5.96. The van der Waals surface area contributed by atoms with E-state index in [2.05, 4.69) is 16.4 Å². The van der Waals surface area contributed by atoms with E-state index in [1.807, 2.05) is 62.1 Å². The Labute approximate surface area is 180 Å². The molecule has 154 valence electrons. The molecule has 4 rings (SSSR count). The fourth-order valence-corrected chi connectivity index (χ4v) is 4.67. The summed E-state index contributed by atoms with van der Waals surface area (Å²) in [4.78, 5) is 36.1. The number of anilines is 1. The summed E-state index contributed by atoms with van der Waals surface area (Å²) in [6, 6.07) is 13.3. The summed E-state index contributed by atoms with van der Waals surface area (Å²) in [6.45, 7) is 6.06. The van der Waals surface area contributed by atoms with E-state index in [9.17, 15) is 9.59 Å². The van der Waals surface area contributed by atoms with E-state index in [1.165, 1.54) is 11.8 Å². The summed E-state index contributed by atoms with van der Waals surface area (Å²) in [5, 5.41) is 3.60. The lowest BCUT2D eigenvalue weighted by molar-refractivity contribution is -0.119. The van der Waals surface area contributed by atoms with E-state index in [0.29, 0.717) is 17.4 Å². The van der Waals surface area contributed by atoms with Crippen molar-refractivity contribution in [1.29, 1.82) is 0 Å². The van der Waals surface area contributed by atoms with Crippen LogP contribution in [0.1, 0.15) is 36.5 Å². The first kappa shape index (κ1) is 20.3. The molecule has 2 aliphatic rings. The van der Waals surface area contributed by atoms with Gasteiger partial charge in [0.1, 0.15) is 11.9 Å².